The van der Waals surface area contributed by atoms with Crippen LogP contribution in [0.2, 0.25) is 0 Å². The first-order valence-electron chi connectivity index (χ1n) is 8.54. The van der Waals surface area contributed by atoms with Gasteiger partial charge in [-0.1, -0.05) is 32.8 Å². The molecule has 1 fully saturated rings. The van der Waals surface area contributed by atoms with E-state index in [0.29, 0.717) is 0 Å². The fourth-order valence-electron chi connectivity index (χ4n) is 3.54. The van der Waals surface area contributed by atoms with Gasteiger partial charge in [0.2, 0.25) is 5.91 Å². The number of carbonyl (C=O) groups excluding carboxylic acids is 1. The van der Waals surface area contributed by atoms with Gasteiger partial charge in [-0.3, -0.25) is 4.79 Å². The maximum Gasteiger partial charge on any atom is 0.227 e. The van der Waals surface area contributed by atoms with Crippen LogP contribution in [0.5, 0.6) is 0 Å². The van der Waals surface area contributed by atoms with Gasteiger partial charge >= 0.3 is 0 Å². The molecule has 0 atom stereocenters. The molecule has 2 rings (SSSR count). The zero-order valence-corrected chi connectivity index (χ0v) is 13.7. The Balaban J connectivity index is 1.89. The quantitative estimate of drug-likeness (QED) is 0.801. The first-order chi connectivity index (χ1) is 10.1. The molecule has 1 N–H and O–H groups in total. The van der Waals surface area contributed by atoms with Gasteiger partial charge in [0, 0.05) is 11.6 Å². The summed E-state index contributed by atoms with van der Waals surface area (Å²) in [7, 11) is 0. The second-order valence-electron chi connectivity index (χ2n) is 6.49. The second-order valence-corrected chi connectivity index (χ2v) is 6.49. The molecular weight excluding hydrogens is 258 g/mol. The summed E-state index contributed by atoms with van der Waals surface area (Å²) < 4.78 is 0. The van der Waals surface area contributed by atoms with Gasteiger partial charge in [0.05, 0.1) is 0 Å². The Morgan fingerprint density at radius 1 is 1.19 bits per heavy atom. The maximum absolute atomic E-state index is 12.4. The van der Waals surface area contributed by atoms with E-state index in [1.807, 2.05) is 6.07 Å². The molecule has 0 radical (unpaired) electrons. The van der Waals surface area contributed by atoms with E-state index in [1.165, 1.54) is 36.8 Å². The predicted molar refractivity (Wildman–Crippen MR) is 89.5 cm³/mol. The van der Waals surface area contributed by atoms with Gasteiger partial charge in [-0.2, -0.15) is 0 Å². The second kappa shape index (κ2) is 7.63. The van der Waals surface area contributed by atoms with Crippen molar-refractivity contribution in [3.05, 3.63) is 29.3 Å². The van der Waals surface area contributed by atoms with Gasteiger partial charge in [0.1, 0.15) is 0 Å². The summed E-state index contributed by atoms with van der Waals surface area (Å²) >= 11 is 0. The Bertz CT molecular complexity index is 472. The topological polar surface area (TPSA) is 29.1 Å². The van der Waals surface area contributed by atoms with Crippen LogP contribution in [-0.2, 0) is 11.2 Å². The van der Waals surface area contributed by atoms with Crippen LogP contribution in [0.3, 0.4) is 0 Å². The molecule has 1 aromatic rings. The number of benzene rings is 1. The lowest BCUT2D eigenvalue weighted by molar-refractivity contribution is -0.121. The molecular formula is C19H29NO. The van der Waals surface area contributed by atoms with Crippen molar-refractivity contribution in [3.8, 4) is 0 Å². The lowest BCUT2D eigenvalue weighted by Crippen LogP contribution is -2.27. The number of aryl methyl sites for hydroxylation is 2. The highest BCUT2D eigenvalue weighted by molar-refractivity contribution is 5.92. The monoisotopic (exact) mass is 287 g/mol. The normalized spacial score (nSPS) is 22.0. The summed E-state index contributed by atoms with van der Waals surface area (Å²) in [6.07, 6.45) is 8.20. The minimum absolute atomic E-state index is 0.212. The first kappa shape index (κ1) is 16.1. The zero-order valence-electron chi connectivity index (χ0n) is 13.7. The van der Waals surface area contributed by atoms with Crippen molar-refractivity contribution in [2.45, 2.75) is 65.7 Å². The number of anilines is 1. The van der Waals surface area contributed by atoms with Crippen molar-refractivity contribution in [1.82, 2.24) is 0 Å². The number of hydrogen-bond acceptors (Lipinski definition) is 1. The molecule has 0 spiro atoms. The van der Waals surface area contributed by atoms with Crippen LogP contribution in [0, 0.1) is 18.8 Å². The average molecular weight is 287 g/mol. The average Bonchev–Trinajstić information content (AvgIpc) is 2.48. The summed E-state index contributed by atoms with van der Waals surface area (Å²) in [5, 5.41) is 3.11. The predicted octanol–water partition coefficient (Wildman–Crippen LogP) is 5.10. The van der Waals surface area contributed by atoms with Crippen LogP contribution in [0.25, 0.3) is 0 Å². The SMILES string of the molecule is CCCC1CCC(C(=O)Nc2ccc(CC)c(C)c2)CC1. The highest BCUT2D eigenvalue weighted by Crippen LogP contribution is 2.32. The van der Waals surface area contributed by atoms with E-state index in [1.54, 1.807) is 0 Å². The summed E-state index contributed by atoms with van der Waals surface area (Å²) in [6, 6.07) is 6.26. The Labute approximate surface area is 129 Å². The largest absolute Gasteiger partial charge is 0.326 e. The third-order valence-corrected chi connectivity index (χ3v) is 4.91. The summed E-state index contributed by atoms with van der Waals surface area (Å²) in [5.74, 6) is 1.28. The number of carbonyl (C=O) groups is 1. The molecule has 1 aliphatic carbocycles. The lowest BCUT2D eigenvalue weighted by atomic mass is 9.80. The van der Waals surface area contributed by atoms with E-state index in [-0.39, 0.29) is 11.8 Å². The standard InChI is InChI=1S/C19H29NO/c1-4-6-15-7-9-17(10-8-15)19(21)20-18-12-11-16(5-2)14(3)13-18/h11-13,15,17H,4-10H2,1-3H3,(H,20,21). The molecule has 2 heteroatoms. The van der Waals surface area contributed by atoms with Gasteiger partial charge in [-0.15, -0.1) is 0 Å². The molecule has 0 bridgehead atoms. The minimum Gasteiger partial charge on any atom is -0.326 e. The molecule has 1 amide bonds. The fourth-order valence-corrected chi connectivity index (χ4v) is 3.54. The van der Waals surface area contributed by atoms with E-state index in [4.69, 9.17) is 0 Å². The molecule has 0 heterocycles. The van der Waals surface area contributed by atoms with Gasteiger partial charge in [0.15, 0.2) is 0 Å². The molecule has 116 valence electrons. The van der Waals surface area contributed by atoms with Gasteiger partial charge < -0.3 is 5.32 Å². The molecule has 1 aromatic carbocycles. The Morgan fingerprint density at radius 3 is 2.48 bits per heavy atom. The van der Waals surface area contributed by atoms with Crippen LogP contribution in [0.15, 0.2) is 18.2 Å². The highest BCUT2D eigenvalue weighted by atomic mass is 16.1. The fraction of sp³-hybridized carbons (Fsp3) is 0.632. The van der Waals surface area contributed by atoms with Crippen LogP contribution in [-0.4, -0.2) is 5.91 Å². The molecule has 0 unspecified atom stereocenters. The molecule has 0 saturated heterocycles. The molecule has 1 saturated carbocycles. The maximum atomic E-state index is 12.4. The van der Waals surface area contributed by atoms with Gasteiger partial charge in [-0.05, 0) is 68.2 Å². The first-order valence-corrected chi connectivity index (χ1v) is 8.54. The van der Waals surface area contributed by atoms with Crippen molar-refractivity contribution in [2.75, 3.05) is 5.32 Å². The van der Waals surface area contributed by atoms with Crippen molar-refractivity contribution in [1.29, 1.82) is 0 Å². The van der Waals surface area contributed by atoms with Crippen LogP contribution in [0.4, 0.5) is 5.69 Å². The molecule has 1 aliphatic rings. The number of hydrogen-bond donors (Lipinski definition) is 1. The minimum atomic E-state index is 0.212. The molecule has 0 aromatic heterocycles. The van der Waals surface area contributed by atoms with Crippen LogP contribution in [0.1, 0.15) is 63.5 Å². The van der Waals surface area contributed by atoms with Crippen molar-refractivity contribution >= 4 is 11.6 Å². The van der Waals surface area contributed by atoms with Crippen molar-refractivity contribution in [3.63, 3.8) is 0 Å². The Morgan fingerprint density at radius 2 is 1.90 bits per heavy atom. The van der Waals surface area contributed by atoms with E-state index in [0.717, 1.165) is 30.9 Å². The number of amides is 1. The van der Waals surface area contributed by atoms with Gasteiger partial charge in [-0.25, -0.2) is 0 Å². The molecule has 21 heavy (non-hydrogen) atoms. The summed E-state index contributed by atoms with van der Waals surface area (Å²) in [4.78, 5) is 12.4. The Kier molecular flexibility index (Phi) is 5.84. The Hall–Kier alpha value is -1.31. The smallest absolute Gasteiger partial charge is 0.227 e. The van der Waals surface area contributed by atoms with E-state index in [2.05, 4.69) is 38.2 Å². The third-order valence-electron chi connectivity index (χ3n) is 4.91. The summed E-state index contributed by atoms with van der Waals surface area (Å²) in [6.45, 7) is 6.53. The lowest BCUT2D eigenvalue weighted by Gasteiger charge is -2.27. The van der Waals surface area contributed by atoms with Gasteiger partial charge in [0.25, 0.3) is 0 Å². The van der Waals surface area contributed by atoms with Crippen molar-refractivity contribution < 1.29 is 4.79 Å². The molecule has 0 aliphatic heterocycles. The third kappa shape index (κ3) is 4.33. The van der Waals surface area contributed by atoms with Crippen molar-refractivity contribution in [2.24, 2.45) is 11.8 Å². The van der Waals surface area contributed by atoms with Crippen LogP contribution < -0.4 is 5.32 Å². The van der Waals surface area contributed by atoms with E-state index in [9.17, 15) is 4.79 Å². The zero-order chi connectivity index (χ0) is 15.2. The number of nitrogens with one attached hydrogen (secondary N) is 1. The van der Waals surface area contributed by atoms with E-state index >= 15 is 0 Å². The number of rotatable bonds is 5. The summed E-state index contributed by atoms with van der Waals surface area (Å²) in [5.41, 5.74) is 3.57. The molecule has 2 nitrogen and oxygen atoms in total. The highest BCUT2D eigenvalue weighted by Gasteiger charge is 2.25. The van der Waals surface area contributed by atoms with Crippen LogP contribution >= 0.6 is 0 Å². The van der Waals surface area contributed by atoms with E-state index < -0.39 is 0 Å².